The van der Waals surface area contributed by atoms with Crippen LogP contribution < -0.4 is 30.2 Å². The largest absolute Gasteiger partial charge is 0.497 e. The maximum Gasteiger partial charge on any atom is 0.349 e. The van der Waals surface area contributed by atoms with E-state index in [4.69, 9.17) is 37.4 Å². The Morgan fingerprint density at radius 3 is 2.34 bits per heavy atom. The van der Waals surface area contributed by atoms with E-state index in [-0.39, 0.29) is 44.6 Å². The van der Waals surface area contributed by atoms with Gasteiger partial charge in [0.25, 0.3) is 12.0 Å². The van der Waals surface area contributed by atoms with Crippen molar-refractivity contribution in [3.8, 4) is 28.8 Å². The van der Waals surface area contributed by atoms with Gasteiger partial charge in [-0.3, -0.25) is 9.78 Å². The van der Waals surface area contributed by atoms with E-state index in [1.807, 2.05) is 0 Å². The third-order valence-electron chi connectivity index (χ3n) is 5.41. The number of benzene rings is 2. The van der Waals surface area contributed by atoms with Gasteiger partial charge in [-0.15, -0.1) is 0 Å². The van der Waals surface area contributed by atoms with Crippen LogP contribution in [0.1, 0.15) is 17.7 Å². The molecule has 0 radical (unpaired) electrons. The van der Waals surface area contributed by atoms with Crippen LogP contribution in [-0.4, -0.2) is 42.3 Å². The number of hydrogen-bond donors (Lipinski definition) is 2. The molecule has 0 bridgehead atoms. The first-order valence-corrected chi connectivity index (χ1v) is 13.6. The van der Waals surface area contributed by atoms with Crippen molar-refractivity contribution >= 4 is 33.2 Å². The van der Waals surface area contributed by atoms with Gasteiger partial charge in [-0.2, -0.15) is 9.78 Å². The zero-order valence-corrected chi connectivity index (χ0v) is 23.4. The van der Waals surface area contributed by atoms with Gasteiger partial charge in [0.05, 0.1) is 29.0 Å². The number of pyridine rings is 1. The molecule has 216 valence electrons. The maximum absolute atomic E-state index is 13.1. The Bertz CT molecular complexity index is 1790. The van der Waals surface area contributed by atoms with Crippen molar-refractivity contribution < 1.29 is 31.4 Å². The zero-order valence-electron chi connectivity index (χ0n) is 21.0. The van der Waals surface area contributed by atoms with E-state index in [0.29, 0.717) is 10.4 Å². The highest BCUT2D eigenvalue weighted by Crippen LogP contribution is 2.39. The Labute approximate surface area is 240 Å². The van der Waals surface area contributed by atoms with Gasteiger partial charge in [-0.1, -0.05) is 35.3 Å². The minimum Gasteiger partial charge on any atom is -0.497 e. The average molecular weight is 630 g/mol. The molecular formula is C24H19Cl2F2N5O7S. The fraction of sp³-hybridized carbons (Fsp3) is 0.167. The number of nitrogens with zero attached hydrogens (tertiary/aromatic N) is 3. The molecular weight excluding hydrogens is 611 g/mol. The molecule has 2 heterocycles. The molecule has 0 unspecified atom stereocenters. The number of aromatic amines is 1. The molecule has 2 aromatic heterocycles. The normalized spacial score (nSPS) is 11.5. The number of aromatic nitrogens is 4. The number of halogens is 4. The van der Waals surface area contributed by atoms with Gasteiger partial charge in [-0.25, -0.2) is 31.7 Å². The molecule has 0 saturated heterocycles. The molecule has 0 aliphatic carbocycles. The van der Waals surface area contributed by atoms with E-state index < -0.39 is 33.4 Å². The SMILES string of the molecule is CNS(=O)(=O)c1cc(Oc2c(Cl)cc(-n3nc(C(F)F)c(=O)[nH]c3=O)cc2Cl)ncc1OCc1ccc(OC)cc1. The van der Waals surface area contributed by atoms with Crippen LogP contribution in [0.2, 0.25) is 10.0 Å². The molecule has 0 atom stereocenters. The van der Waals surface area contributed by atoms with Gasteiger partial charge in [0.2, 0.25) is 15.9 Å². The van der Waals surface area contributed by atoms with Gasteiger partial charge in [-0.05, 0) is 36.9 Å². The average Bonchev–Trinajstić information content (AvgIpc) is 2.94. The van der Waals surface area contributed by atoms with Crippen molar-refractivity contribution in [1.82, 2.24) is 24.5 Å². The second-order valence-electron chi connectivity index (χ2n) is 8.01. The van der Waals surface area contributed by atoms with Gasteiger partial charge in [0.1, 0.15) is 17.3 Å². The summed E-state index contributed by atoms with van der Waals surface area (Å²) in [4.78, 5) is 29.3. The lowest BCUT2D eigenvalue weighted by Gasteiger charge is -2.15. The first kappa shape index (κ1) is 29.9. The molecule has 17 heteroatoms. The summed E-state index contributed by atoms with van der Waals surface area (Å²) in [5.41, 5.74) is -3.07. The van der Waals surface area contributed by atoms with Crippen LogP contribution in [0.5, 0.6) is 23.1 Å². The number of rotatable bonds is 10. The Balaban J connectivity index is 1.65. The fourth-order valence-electron chi connectivity index (χ4n) is 3.37. The lowest BCUT2D eigenvalue weighted by Crippen LogP contribution is -2.34. The van der Waals surface area contributed by atoms with Gasteiger partial charge < -0.3 is 14.2 Å². The van der Waals surface area contributed by atoms with E-state index in [1.165, 1.54) is 14.2 Å². The van der Waals surface area contributed by atoms with Crippen LogP contribution in [-0.2, 0) is 16.6 Å². The lowest BCUT2D eigenvalue weighted by atomic mass is 10.2. The molecule has 0 aliphatic rings. The summed E-state index contributed by atoms with van der Waals surface area (Å²) in [6.45, 7) is 0.0165. The number of hydrogen-bond acceptors (Lipinski definition) is 9. The molecule has 4 rings (SSSR count). The third-order valence-corrected chi connectivity index (χ3v) is 7.41. The molecule has 0 saturated carbocycles. The molecule has 4 aromatic rings. The second-order valence-corrected chi connectivity index (χ2v) is 10.7. The van der Waals surface area contributed by atoms with Crippen molar-refractivity contribution in [3.63, 3.8) is 0 Å². The first-order valence-electron chi connectivity index (χ1n) is 11.3. The monoisotopic (exact) mass is 629 g/mol. The third kappa shape index (κ3) is 6.65. The summed E-state index contributed by atoms with van der Waals surface area (Å²) in [5, 5.41) is 2.96. The van der Waals surface area contributed by atoms with Crippen LogP contribution in [0, 0.1) is 0 Å². The molecule has 0 fully saturated rings. The lowest BCUT2D eigenvalue weighted by molar-refractivity contribution is 0.141. The Morgan fingerprint density at radius 1 is 1.10 bits per heavy atom. The van der Waals surface area contributed by atoms with E-state index in [9.17, 15) is 26.8 Å². The van der Waals surface area contributed by atoms with E-state index in [0.717, 1.165) is 30.0 Å². The highest BCUT2D eigenvalue weighted by molar-refractivity contribution is 7.89. The van der Waals surface area contributed by atoms with Gasteiger partial charge in [0.15, 0.2) is 17.2 Å². The number of methoxy groups -OCH3 is 1. The minimum atomic E-state index is -4.06. The van der Waals surface area contributed by atoms with Crippen molar-refractivity contribution in [2.75, 3.05) is 14.2 Å². The Morgan fingerprint density at radius 2 is 1.76 bits per heavy atom. The quantitative estimate of drug-likeness (QED) is 0.266. The Hall–Kier alpha value is -4.05. The summed E-state index contributed by atoms with van der Waals surface area (Å²) >= 11 is 12.6. The predicted octanol–water partition coefficient (Wildman–Crippen LogP) is 3.85. The molecule has 41 heavy (non-hydrogen) atoms. The van der Waals surface area contributed by atoms with Crippen LogP contribution in [0.25, 0.3) is 5.69 Å². The fourth-order valence-corrected chi connectivity index (χ4v) is 4.78. The molecule has 0 amide bonds. The molecule has 2 aromatic carbocycles. The standard InChI is InChI=1S/C24H19Cl2F2N5O7S/c1-29-41(36,37)18-9-19(30-10-17(18)39-11-12-3-5-14(38-2)6-4-12)40-21-15(25)7-13(8-16(21)26)33-24(35)31-23(34)20(32-33)22(27)28/h3-10,22,29H,11H2,1-2H3,(H,31,34,35). The van der Waals surface area contributed by atoms with Crippen molar-refractivity contribution in [2.24, 2.45) is 0 Å². The first-order chi connectivity index (χ1) is 19.4. The summed E-state index contributed by atoms with van der Waals surface area (Å²) < 4.78 is 70.8. The number of nitrogens with one attached hydrogen (secondary N) is 2. The molecule has 0 aliphatic heterocycles. The topological polar surface area (TPSA) is 154 Å². The van der Waals surface area contributed by atoms with E-state index in [2.05, 4.69) is 14.8 Å². The van der Waals surface area contributed by atoms with Crippen LogP contribution in [0.15, 0.2) is 63.1 Å². The summed E-state index contributed by atoms with van der Waals surface area (Å²) in [6, 6.07) is 10.2. The Kier molecular flexibility index (Phi) is 8.92. The van der Waals surface area contributed by atoms with Crippen molar-refractivity contribution in [1.29, 1.82) is 0 Å². The van der Waals surface area contributed by atoms with Gasteiger partial charge >= 0.3 is 5.69 Å². The highest BCUT2D eigenvalue weighted by atomic mass is 35.5. The predicted molar refractivity (Wildman–Crippen MR) is 143 cm³/mol. The highest BCUT2D eigenvalue weighted by Gasteiger charge is 2.23. The molecule has 12 nitrogen and oxygen atoms in total. The summed E-state index contributed by atoms with van der Waals surface area (Å²) in [6.07, 6.45) is -2.12. The smallest absolute Gasteiger partial charge is 0.349 e. The number of ether oxygens (including phenoxy) is 3. The summed E-state index contributed by atoms with van der Waals surface area (Å²) in [5.74, 6) is 0.122. The van der Waals surface area contributed by atoms with Crippen molar-refractivity contribution in [2.45, 2.75) is 17.9 Å². The van der Waals surface area contributed by atoms with E-state index >= 15 is 0 Å². The van der Waals surface area contributed by atoms with Crippen LogP contribution >= 0.6 is 23.2 Å². The number of sulfonamides is 1. The van der Waals surface area contributed by atoms with Gasteiger partial charge in [0, 0.05) is 6.07 Å². The summed E-state index contributed by atoms with van der Waals surface area (Å²) in [7, 11) is -1.32. The van der Waals surface area contributed by atoms with Crippen LogP contribution in [0.3, 0.4) is 0 Å². The second kappa shape index (κ2) is 12.2. The number of alkyl halides is 2. The maximum atomic E-state index is 13.1. The number of H-pyrrole nitrogens is 1. The zero-order chi connectivity index (χ0) is 29.9. The van der Waals surface area contributed by atoms with Crippen LogP contribution in [0.4, 0.5) is 8.78 Å². The minimum absolute atomic E-state index is 0.0165. The van der Waals surface area contributed by atoms with E-state index in [1.54, 1.807) is 29.2 Å². The van der Waals surface area contributed by atoms with Crippen molar-refractivity contribution in [3.05, 3.63) is 90.8 Å². The molecule has 0 spiro atoms. The molecule has 2 N–H and O–H groups in total.